The SMILES string of the molecule is C1=CC2NC34C(c5cccc6c7ccc8c9cc(N(c%10ccccc%10)c%10ccccc%10)ccc9sc8c7n3c56)N4C2C=C1. The van der Waals surface area contributed by atoms with Gasteiger partial charge < -0.3 is 9.47 Å². The molecule has 0 amide bonds. The van der Waals surface area contributed by atoms with Gasteiger partial charge in [0.2, 0.25) is 0 Å². The van der Waals surface area contributed by atoms with Gasteiger partial charge in [-0.05, 0) is 48.0 Å². The molecule has 2 aromatic heterocycles. The Morgan fingerprint density at radius 1 is 0.651 bits per heavy atom. The molecule has 5 heteroatoms. The minimum absolute atomic E-state index is 0.189. The van der Waals surface area contributed by atoms with Crippen molar-refractivity contribution in [1.82, 2.24) is 14.8 Å². The third kappa shape index (κ3) is 2.70. The topological polar surface area (TPSA) is 23.2 Å². The molecule has 0 bridgehead atoms. The molecule has 3 aliphatic heterocycles. The standard InChI is InChI=1S/C38H26N4S/c1-3-10-23(11-4-1)40(24-12-5-2-6-13-24)25-18-21-33-30(22-25)28-20-19-27-26-14-9-15-29-34(26)42(35(27)36(28)43-33)38-37(29)41(38)32-17-8-7-16-31(32)39-38/h1-22,31-32,37,39H. The molecule has 5 atom stereocenters. The summed E-state index contributed by atoms with van der Waals surface area (Å²) in [6.45, 7) is 0. The molecule has 5 aromatic carbocycles. The van der Waals surface area contributed by atoms with Crippen LogP contribution in [0.5, 0.6) is 0 Å². The molecular formula is C38H26N4S. The second kappa shape index (κ2) is 7.82. The molecule has 2 saturated heterocycles. The summed E-state index contributed by atoms with van der Waals surface area (Å²) in [4.78, 5) is 5.05. The summed E-state index contributed by atoms with van der Waals surface area (Å²) in [5.74, 6) is -0.189. The van der Waals surface area contributed by atoms with Crippen LogP contribution in [0.4, 0.5) is 17.1 Å². The summed E-state index contributed by atoms with van der Waals surface area (Å²) < 4.78 is 5.38. The number of rotatable bonds is 3. The first-order valence-electron chi connectivity index (χ1n) is 15.1. The Hall–Kier alpha value is -4.68. The van der Waals surface area contributed by atoms with Gasteiger partial charge >= 0.3 is 0 Å². The lowest BCUT2D eigenvalue weighted by Gasteiger charge is -2.25. The van der Waals surface area contributed by atoms with E-state index in [0.29, 0.717) is 18.1 Å². The second-order valence-corrected chi connectivity index (χ2v) is 13.2. The van der Waals surface area contributed by atoms with Gasteiger partial charge in [0.25, 0.3) is 0 Å². The maximum absolute atomic E-state index is 4.10. The van der Waals surface area contributed by atoms with Crippen molar-refractivity contribution in [1.29, 1.82) is 0 Å². The highest BCUT2D eigenvalue weighted by atomic mass is 32.1. The van der Waals surface area contributed by atoms with Gasteiger partial charge in [0.1, 0.15) is 0 Å². The third-order valence-electron chi connectivity index (χ3n) is 10.1. The predicted octanol–water partition coefficient (Wildman–Crippen LogP) is 9.08. The van der Waals surface area contributed by atoms with Crippen molar-refractivity contribution in [3.63, 3.8) is 0 Å². The van der Waals surface area contributed by atoms with Gasteiger partial charge in [-0.2, -0.15) is 0 Å². The van der Waals surface area contributed by atoms with E-state index in [1.54, 1.807) is 0 Å². The van der Waals surface area contributed by atoms with E-state index < -0.39 is 0 Å². The zero-order chi connectivity index (χ0) is 27.9. The number of nitrogens with zero attached hydrogens (tertiary/aromatic N) is 3. The van der Waals surface area contributed by atoms with Crippen LogP contribution in [0, 0.1) is 0 Å². The first-order chi connectivity index (χ1) is 21.3. The van der Waals surface area contributed by atoms with Gasteiger partial charge in [-0.1, -0.05) is 91.0 Å². The van der Waals surface area contributed by atoms with E-state index in [2.05, 4.69) is 153 Å². The van der Waals surface area contributed by atoms with E-state index in [0.717, 1.165) is 11.4 Å². The van der Waals surface area contributed by atoms with Gasteiger partial charge in [0, 0.05) is 49.3 Å². The van der Waals surface area contributed by atoms with E-state index >= 15 is 0 Å². The molecule has 4 nitrogen and oxygen atoms in total. The zero-order valence-electron chi connectivity index (χ0n) is 23.2. The Kier molecular flexibility index (Phi) is 4.16. The van der Waals surface area contributed by atoms with Gasteiger partial charge in [0.05, 0.1) is 27.8 Å². The van der Waals surface area contributed by atoms with Crippen LogP contribution in [0.3, 0.4) is 0 Å². The first-order valence-corrected chi connectivity index (χ1v) is 15.9. The lowest BCUT2D eigenvalue weighted by Crippen LogP contribution is -2.40. The molecule has 204 valence electrons. The maximum atomic E-state index is 4.10. The fourth-order valence-electron chi connectivity index (χ4n) is 8.46. The number of piperazine rings is 1. The summed E-state index contributed by atoms with van der Waals surface area (Å²) in [5, 5.41) is 9.47. The van der Waals surface area contributed by atoms with Crippen molar-refractivity contribution in [3.8, 4) is 0 Å². The van der Waals surface area contributed by atoms with Crippen LogP contribution >= 0.6 is 11.3 Å². The van der Waals surface area contributed by atoms with Gasteiger partial charge in [-0.3, -0.25) is 5.32 Å². The number of hydrogen-bond donors (Lipinski definition) is 1. The number of nitrogens with one attached hydrogen (secondary N) is 1. The predicted molar refractivity (Wildman–Crippen MR) is 179 cm³/mol. The molecular weight excluding hydrogens is 545 g/mol. The van der Waals surface area contributed by atoms with Gasteiger partial charge in [-0.15, -0.1) is 11.3 Å². The van der Waals surface area contributed by atoms with E-state index in [9.17, 15) is 0 Å². The number of hydrogen-bond acceptors (Lipinski definition) is 4. The first kappa shape index (κ1) is 22.9. The molecule has 11 rings (SSSR count). The largest absolute Gasteiger partial charge is 0.310 e. The van der Waals surface area contributed by atoms with Gasteiger partial charge in [0.15, 0.2) is 5.79 Å². The van der Waals surface area contributed by atoms with Crippen molar-refractivity contribution < 1.29 is 0 Å². The molecule has 5 unspecified atom stereocenters. The molecule has 5 heterocycles. The van der Waals surface area contributed by atoms with Crippen molar-refractivity contribution in [3.05, 3.63) is 139 Å². The summed E-state index contributed by atoms with van der Waals surface area (Å²) in [5.41, 5.74) is 7.72. The maximum Gasteiger partial charge on any atom is 0.175 e. The average Bonchev–Trinajstić information content (AvgIpc) is 3.42. The molecule has 7 aromatic rings. The molecule has 0 radical (unpaired) electrons. The average molecular weight is 571 g/mol. The number of aromatic nitrogens is 1. The smallest absolute Gasteiger partial charge is 0.175 e. The zero-order valence-corrected chi connectivity index (χ0v) is 24.0. The van der Waals surface area contributed by atoms with Crippen molar-refractivity contribution in [2.24, 2.45) is 0 Å². The number of anilines is 3. The Morgan fingerprint density at radius 2 is 1.40 bits per heavy atom. The fraction of sp³-hybridized carbons (Fsp3) is 0.105. The van der Waals surface area contributed by atoms with E-state index in [1.165, 1.54) is 53.2 Å². The normalized spacial score (nSPS) is 26.0. The van der Waals surface area contributed by atoms with Crippen LogP contribution in [-0.4, -0.2) is 21.6 Å². The number of thiophene rings is 1. The lowest BCUT2D eigenvalue weighted by molar-refractivity contribution is 0.351. The number of allylic oxidation sites excluding steroid dienone is 2. The van der Waals surface area contributed by atoms with Crippen LogP contribution in [-0.2, 0) is 5.79 Å². The minimum Gasteiger partial charge on any atom is -0.310 e. The summed E-state index contributed by atoms with van der Waals surface area (Å²) >= 11 is 1.93. The molecule has 0 saturated carbocycles. The fourth-order valence-corrected chi connectivity index (χ4v) is 9.68. The summed E-state index contributed by atoms with van der Waals surface area (Å²) in [6.07, 6.45) is 9.10. The highest BCUT2D eigenvalue weighted by Gasteiger charge is 2.76. The molecule has 43 heavy (non-hydrogen) atoms. The Balaban J connectivity index is 1.17. The van der Waals surface area contributed by atoms with Gasteiger partial charge in [-0.25, -0.2) is 4.90 Å². The molecule has 2 fully saturated rings. The van der Waals surface area contributed by atoms with E-state index in [1.807, 2.05) is 11.3 Å². The minimum atomic E-state index is -0.189. The quantitative estimate of drug-likeness (QED) is 0.214. The Bertz CT molecular complexity index is 2330. The summed E-state index contributed by atoms with van der Waals surface area (Å²) in [7, 11) is 0. The Labute approximate surface area is 252 Å². The van der Waals surface area contributed by atoms with Crippen LogP contribution in [0.25, 0.3) is 42.0 Å². The highest BCUT2D eigenvalue weighted by molar-refractivity contribution is 7.26. The van der Waals surface area contributed by atoms with Crippen molar-refractivity contribution >= 4 is 70.4 Å². The van der Waals surface area contributed by atoms with Crippen molar-refractivity contribution in [2.75, 3.05) is 4.90 Å². The van der Waals surface area contributed by atoms with Crippen LogP contribution in [0.2, 0.25) is 0 Å². The van der Waals surface area contributed by atoms with Crippen molar-refractivity contribution in [2.45, 2.75) is 23.9 Å². The molecule has 1 aliphatic carbocycles. The van der Waals surface area contributed by atoms with Crippen LogP contribution in [0.15, 0.2) is 133 Å². The summed E-state index contributed by atoms with van der Waals surface area (Å²) in [6, 6.07) is 41.1. The van der Waals surface area contributed by atoms with E-state index in [4.69, 9.17) is 0 Å². The third-order valence-corrected chi connectivity index (χ3v) is 11.3. The number of fused-ring (bicyclic) bond motifs is 11. The molecule has 1 spiro atoms. The monoisotopic (exact) mass is 570 g/mol. The van der Waals surface area contributed by atoms with Crippen LogP contribution < -0.4 is 10.2 Å². The number of benzene rings is 5. The highest BCUT2D eigenvalue weighted by Crippen LogP contribution is 2.68. The molecule has 4 aliphatic rings. The lowest BCUT2D eigenvalue weighted by atomic mass is 10.0. The second-order valence-electron chi connectivity index (χ2n) is 12.2. The number of para-hydroxylation sites is 3. The van der Waals surface area contributed by atoms with E-state index in [-0.39, 0.29) is 5.79 Å². The van der Waals surface area contributed by atoms with Crippen LogP contribution in [0.1, 0.15) is 11.6 Å². The molecule has 1 N–H and O–H groups in total. The Morgan fingerprint density at radius 3 is 2.21 bits per heavy atom.